The molecule has 3 N–H and O–H groups in total. The Hall–Kier alpha value is -1.61. The summed E-state index contributed by atoms with van der Waals surface area (Å²) in [6, 6.07) is 8.31. The van der Waals surface area contributed by atoms with Crippen molar-refractivity contribution < 1.29 is 0 Å². The van der Waals surface area contributed by atoms with Crippen LogP contribution in [0, 0.1) is 13.8 Å². The molecule has 0 aliphatic heterocycles. The minimum Gasteiger partial charge on any atom is -0.326 e. The maximum absolute atomic E-state index is 5.70. The summed E-state index contributed by atoms with van der Waals surface area (Å²) in [4.78, 5) is 0. The van der Waals surface area contributed by atoms with Crippen molar-refractivity contribution in [1.82, 2.24) is 10.2 Å². The number of H-pyrrole nitrogens is 1. The Balaban J connectivity index is 2.49. The molecular weight excluding hydrogens is 186 g/mol. The number of aromatic amines is 1. The summed E-state index contributed by atoms with van der Waals surface area (Å²) in [6.07, 6.45) is 0. The normalized spacial score (nSPS) is 10.6. The zero-order valence-electron chi connectivity index (χ0n) is 9.04. The smallest absolute Gasteiger partial charge is 0.0968 e. The molecule has 0 unspecified atom stereocenters. The molecule has 0 amide bonds. The van der Waals surface area contributed by atoms with Gasteiger partial charge in [-0.3, -0.25) is 5.10 Å². The summed E-state index contributed by atoms with van der Waals surface area (Å²) in [5.41, 5.74) is 11.2. The van der Waals surface area contributed by atoms with Crippen LogP contribution in [0.2, 0.25) is 0 Å². The van der Waals surface area contributed by atoms with Crippen molar-refractivity contribution in [3.63, 3.8) is 0 Å². The Morgan fingerprint density at radius 1 is 1.20 bits per heavy atom. The highest BCUT2D eigenvalue weighted by Crippen LogP contribution is 2.23. The average Bonchev–Trinajstić information content (AvgIpc) is 2.61. The molecule has 0 aliphatic carbocycles. The lowest BCUT2D eigenvalue weighted by Gasteiger charge is -2.01. The summed E-state index contributed by atoms with van der Waals surface area (Å²) in [5.74, 6) is 0. The minimum atomic E-state index is 0.519. The van der Waals surface area contributed by atoms with Crippen LogP contribution in [0.4, 0.5) is 0 Å². The number of hydrogen-bond donors (Lipinski definition) is 2. The fraction of sp³-hybridized carbons (Fsp3) is 0.250. The van der Waals surface area contributed by atoms with Gasteiger partial charge in [0, 0.05) is 23.4 Å². The first-order valence-corrected chi connectivity index (χ1v) is 5.03. The molecule has 78 valence electrons. The molecule has 0 fully saturated rings. The quantitative estimate of drug-likeness (QED) is 0.782. The lowest BCUT2D eigenvalue weighted by molar-refractivity contribution is 1.03. The molecule has 3 nitrogen and oxygen atoms in total. The molecule has 0 spiro atoms. The highest BCUT2D eigenvalue weighted by molar-refractivity contribution is 5.64. The van der Waals surface area contributed by atoms with E-state index in [4.69, 9.17) is 5.73 Å². The number of hydrogen-bond acceptors (Lipinski definition) is 2. The molecule has 15 heavy (non-hydrogen) atoms. The van der Waals surface area contributed by atoms with E-state index in [0.717, 1.165) is 22.5 Å². The van der Waals surface area contributed by atoms with Gasteiger partial charge in [-0.05, 0) is 13.8 Å². The predicted molar refractivity (Wildman–Crippen MR) is 61.4 cm³/mol. The van der Waals surface area contributed by atoms with Crippen LogP contribution in [0.25, 0.3) is 11.3 Å². The van der Waals surface area contributed by atoms with Gasteiger partial charge in [0.2, 0.25) is 0 Å². The second-order valence-electron chi connectivity index (χ2n) is 3.75. The van der Waals surface area contributed by atoms with E-state index < -0.39 is 0 Å². The van der Waals surface area contributed by atoms with E-state index in [9.17, 15) is 0 Å². The second kappa shape index (κ2) is 3.87. The topological polar surface area (TPSA) is 54.7 Å². The molecular formula is C12H15N3. The van der Waals surface area contributed by atoms with Gasteiger partial charge in [-0.2, -0.15) is 5.10 Å². The van der Waals surface area contributed by atoms with Crippen molar-refractivity contribution in [3.8, 4) is 11.3 Å². The standard InChI is InChI=1S/C12H15N3/c1-8-3-5-10(6-4-8)12-11(7-13)9(2)14-15-12/h3-6H,7,13H2,1-2H3,(H,14,15). The monoisotopic (exact) mass is 201 g/mol. The molecule has 0 bridgehead atoms. The number of benzene rings is 1. The number of nitrogens with two attached hydrogens (primary N) is 1. The van der Waals surface area contributed by atoms with Crippen LogP contribution in [-0.4, -0.2) is 10.2 Å². The highest BCUT2D eigenvalue weighted by atomic mass is 15.1. The summed E-state index contributed by atoms with van der Waals surface area (Å²) in [6.45, 7) is 4.59. The molecule has 2 aromatic rings. The van der Waals surface area contributed by atoms with E-state index in [0.29, 0.717) is 6.54 Å². The summed E-state index contributed by atoms with van der Waals surface area (Å²) >= 11 is 0. The Bertz CT molecular complexity index is 454. The number of aryl methyl sites for hydroxylation is 2. The van der Waals surface area contributed by atoms with Crippen molar-refractivity contribution in [3.05, 3.63) is 41.1 Å². The molecule has 1 aromatic heterocycles. The van der Waals surface area contributed by atoms with Crippen molar-refractivity contribution >= 4 is 0 Å². The first-order chi connectivity index (χ1) is 7.22. The maximum atomic E-state index is 5.70. The third-order valence-electron chi connectivity index (χ3n) is 2.60. The van der Waals surface area contributed by atoms with Crippen molar-refractivity contribution in [2.24, 2.45) is 5.73 Å². The zero-order chi connectivity index (χ0) is 10.8. The summed E-state index contributed by atoms with van der Waals surface area (Å²) < 4.78 is 0. The van der Waals surface area contributed by atoms with Gasteiger partial charge in [0.1, 0.15) is 0 Å². The van der Waals surface area contributed by atoms with Crippen LogP contribution < -0.4 is 5.73 Å². The number of rotatable bonds is 2. The van der Waals surface area contributed by atoms with Gasteiger partial charge in [0.15, 0.2) is 0 Å². The number of aromatic nitrogens is 2. The summed E-state index contributed by atoms with van der Waals surface area (Å²) in [7, 11) is 0. The van der Waals surface area contributed by atoms with E-state index in [-0.39, 0.29) is 0 Å². The van der Waals surface area contributed by atoms with E-state index in [1.54, 1.807) is 0 Å². The Labute approximate surface area is 89.3 Å². The second-order valence-corrected chi connectivity index (χ2v) is 3.75. The van der Waals surface area contributed by atoms with Crippen LogP contribution in [-0.2, 0) is 6.54 Å². The Morgan fingerprint density at radius 3 is 2.47 bits per heavy atom. The molecule has 0 aliphatic rings. The molecule has 1 aromatic carbocycles. The zero-order valence-corrected chi connectivity index (χ0v) is 9.04. The molecule has 1 heterocycles. The van der Waals surface area contributed by atoms with Gasteiger partial charge >= 0.3 is 0 Å². The van der Waals surface area contributed by atoms with Crippen LogP contribution in [0.1, 0.15) is 16.8 Å². The van der Waals surface area contributed by atoms with E-state index in [1.165, 1.54) is 5.56 Å². The third kappa shape index (κ3) is 1.78. The van der Waals surface area contributed by atoms with Gasteiger partial charge in [-0.25, -0.2) is 0 Å². The van der Waals surface area contributed by atoms with Gasteiger partial charge in [0.05, 0.1) is 5.69 Å². The van der Waals surface area contributed by atoms with E-state index in [1.807, 2.05) is 6.92 Å². The van der Waals surface area contributed by atoms with Gasteiger partial charge in [0.25, 0.3) is 0 Å². The third-order valence-corrected chi connectivity index (χ3v) is 2.60. The van der Waals surface area contributed by atoms with Gasteiger partial charge in [-0.15, -0.1) is 0 Å². The Morgan fingerprint density at radius 2 is 1.87 bits per heavy atom. The first-order valence-electron chi connectivity index (χ1n) is 5.03. The Kier molecular flexibility index (Phi) is 2.56. The molecule has 0 radical (unpaired) electrons. The lowest BCUT2D eigenvalue weighted by atomic mass is 10.1. The van der Waals surface area contributed by atoms with Crippen LogP contribution >= 0.6 is 0 Å². The predicted octanol–water partition coefficient (Wildman–Crippen LogP) is 2.15. The molecule has 3 heteroatoms. The summed E-state index contributed by atoms with van der Waals surface area (Å²) in [5, 5.41) is 7.25. The highest BCUT2D eigenvalue weighted by Gasteiger charge is 2.09. The molecule has 2 rings (SSSR count). The number of nitrogens with zero attached hydrogens (tertiary/aromatic N) is 1. The maximum Gasteiger partial charge on any atom is 0.0968 e. The van der Waals surface area contributed by atoms with E-state index >= 15 is 0 Å². The van der Waals surface area contributed by atoms with Crippen molar-refractivity contribution in [2.75, 3.05) is 0 Å². The fourth-order valence-corrected chi connectivity index (χ4v) is 1.65. The molecule has 0 saturated heterocycles. The fourth-order valence-electron chi connectivity index (χ4n) is 1.65. The van der Waals surface area contributed by atoms with Gasteiger partial charge in [-0.1, -0.05) is 29.8 Å². The van der Waals surface area contributed by atoms with Crippen molar-refractivity contribution in [1.29, 1.82) is 0 Å². The van der Waals surface area contributed by atoms with E-state index in [2.05, 4.69) is 41.4 Å². The molecule has 0 saturated carbocycles. The largest absolute Gasteiger partial charge is 0.326 e. The SMILES string of the molecule is Cc1ccc(-c2n[nH]c(C)c2CN)cc1. The first kappa shape index (κ1) is 9.93. The van der Waals surface area contributed by atoms with Crippen LogP contribution in [0.5, 0.6) is 0 Å². The van der Waals surface area contributed by atoms with Gasteiger partial charge < -0.3 is 5.73 Å². The van der Waals surface area contributed by atoms with Crippen LogP contribution in [0.15, 0.2) is 24.3 Å². The average molecular weight is 201 g/mol. The lowest BCUT2D eigenvalue weighted by Crippen LogP contribution is -1.98. The van der Waals surface area contributed by atoms with Crippen molar-refractivity contribution in [2.45, 2.75) is 20.4 Å². The van der Waals surface area contributed by atoms with Crippen LogP contribution in [0.3, 0.4) is 0 Å². The number of nitrogens with one attached hydrogen (secondary N) is 1. The molecule has 0 atom stereocenters. The minimum absolute atomic E-state index is 0.519.